The van der Waals surface area contributed by atoms with E-state index in [9.17, 15) is 0 Å². The van der Waals surface area contributed by atoms with Crippen LogP contribution in [0, 0.1) is 0 Å². The van der Waals surface area contributed by atoms with E-state index in [2.05, 4.69) is 19.6 Å². The largest absolute Gasteiger partial charge is 0.338 e. The third-order valence-corrected chi connectivity index (χ3v) is 7.18. The smallest absolute Gasteiger partial charge is 0.140 e. The zero-order valence-electron chi connectivity index (χ0n) is 8.18. The van der Waals surface area contributed by atoms with E-state index >= 15 is 0 Å². The zero-order valence-corrected chi connectivity index (χ0v) is 10.1. The standard InChI is InChI=1S/C7H19O2PSi/c1-6-8-10(9-7-2)11(3,4)5/h6-7H2,1-5H3. The highest BCUT2D eigenvalue weighted by Crippen LogP contribution is 2.48. The van der Waals surface area contributed by atoms with Gasteiger partial charge in [-0.05, 0) is 13.8 Å². The zero-order chi connectivity index (χ0) is 8.91. The summed E-state index contributed by atoms with van der Waals surface area (Å²) in [5.41, 5.74) is 0. The average Bonchev–Trinajstić information content (AvgIpc) is 1.85. The molecule has 11 heavy (non-hydrogen) atoms. The molecule has 0 rings (SSSR count). The van der Waals surface area contributed by atoms with Crippen molar-refractivity contribution in [3.05, 3.63) is 0 Å². The molecule has 68 valence electrons. The van der Waals surface area contributed by atoms with Gasteiger partial charge in [-0.1, -0.05) is 19.6 Å². The molecule has 0 unspecified atom stereocenters. The second kappa shape index (κ2) is 5.25. The lowest BCUT2D eigenvalue weighted by Crippen LogP contribution is -2.20. The Morgan fingerprint density at radius 3 is 1.55 bits per heavy atom. The molecule has 4 heteroatoms. The molecule has 0 aromatic carbocycles. The lowest BCUT2D eigenvalue weighted by Gasteiger charge is -2.26. The highest BCUT2D eigenvalue weighted by atomic mass is 31.4. The van der Waals surface area contributed by atoms with E-state index < -0.39 is 15.7 Å². The molecule has 0 aliphatic carbocycles. The summed E-state index contributed by atoms with van der Waals surface area (Å²) >= 11 is 0. The van der Waals surface area contributed by atoms with Crippen molar-refractivity contribution in [3.63, 3.8) is 0 Å². The molecule has 0 atom stereocenters. The summed E-state index contributed by atoms with van der Waals surface area (Å²) < 4.78 is 11.1. The minimum absolute atomic E-state index is 0.563. The summed E-state index contributed by atoms with van der Waals surface area (Å²) in [6.45, 7) is 12.4. The van der Waals surface area contributed by atoms with Crippen molar-refractivity contribution in [1.29, 1.82) is 0 Å². The van der Waals surface area contributed by atoms with Gasteiger partial charge in [-0.25, -0.2) is 0 Å². The Morgan fingerprint density at radius 1 is 1.00 bits per heavy atom. The molecule has 0 aliphatic heterocycles. The van der Waals surface area contributed by atoms with Gasteiger partial charge in [0.05, 0.1) is 13.2 Å². The number of rotatable bonds is 5. The van der Waals surface area contributed by atoms with Gasteiger partial charge in [-0.2, -0.15) is 0 Å². The Balaban J connectivity index is 3.88. The summed E-state index contributed by atoms with van der Waals surface area (Å²) in [5.74, 6) is 0. The van der Waals surface area contributed by atoms with Crippen LogP contribution < -0.4 is 0 Å². The molecular weight excluding hydrogens is 175 g/mol. The molecule has 0 aromatic rings. The Hall–Kier alpha value is 0.567. The lowest BCUT2D eigenvalue weighted by molar-refractivity contribution is 0.280. The van der Waals surface area contributed by atoms with Gasteiger partial charge in [0.15, 0.2) is 0 Å². The van der Waals surface area contributed by atoms with E-state index in [-0.39, 0.29) is 0 Å². The SMILES string of the molecule is CCOP(OCC)[Si](C)(C)C. The predicted molar refractivity (Wildman–Crippen MR) is 53.5 cm³/mol. The van der Waals surface area contributed by atoms with Crippen molar-refractivity contribution in [3.8, 4) is 0 Å². The molecular formula is C7H19O2PSi. The molecule has 0 aliphatic rings. The van der Waals surface area contributed by atoms with Crippen LogP contribution in [0.2, 0.25) is 19.6 Å². The highest BCUT2D eigenvalue weighted by molar-refractivity contribution is 7.87. The van der Waals surface area contributed by atoms with Gasteiger partial charge in [-0.15, -0.1) is 0 Å². The Morgan fingerprint density at radius 2 is 1.36 bits per heavy atom. The quantitative estimate of drug-likeness (QED) is 0.494. The lowest BCUT2D eigenvalue weighted by atomic mass is 10.9. The van der Waals surface area contributed by atoms with E-state index in [1.807, 2.05) is 13.8 Å². The van der Waals surface area contributed by atoms with Crippen molar-refractivity contribution in [1.82, 2.24) is 0 Å². The first-order valence-electron chi connectivity index (χ1n) is 4.08. The average molecular weight is 194 g/mol. The maximum Gasteiger partial charge on any atom is 0.140 e. The molecule has 0 aromatic heterocycles. The molecule has 0 spiro atoms. The van der Waals surface area contributed by atoms with Crippen LogP contribution in [0.15, 0.2) is 0 Å². The number of hydrogen-bond donors (Lipinski definition) is 0. The second-order valence-corrected chi connectivity index (χ2v) is 13.8. The molecule has 0 amide bonds. The topological polar surface area (TPSA) is 18.5 Å². The third kappa shape index (κ3) is 4.91. The summed E-state index contributed by atoms with van der Waals surface area (Å²) in [7, 11) is -1.77. The van der Waals surface area contributed by atoms with Gasteiger partial charge in [0, 0.05) is 0 Å². The van der Waals surface area contributed by atoms with Crippen molar-refractivity contribution in [2.45, 2.75) is 33.5 Å². The molecule has 0 N–H and O–H groups in total. The molecule has 2 nitrogen and oxygen atoms in total. The fourth-order valence-electron chi connectivity index (χ4n) is 0.659. The molecule has 0 radical (unpaired) electrons. The normalized spacial score (nSPS) is 12.5. The van der Waals surface area contributed by atoms with E-state index in [0.717, 1.165) is 13.2 Å². The Kier molecular flexibility index (Phi) is 5.53. The second-order valence-electron chi connectivity index (χ2n) is 3.26. The monoisotopic (exact) mass is 194 g/mol. The van der Waals surface area contributed by atoms with Crippen molar-refractivity contribution >= 4 is 15.7 Å². The van der Waals surface area contributed by atoms with Crippen LogP contribution >= 0.6 is 7.92 Å². The van der Waals surface area contributed by atoms with Crippen LogP contribution in [0.4, 0.5) is 0 Å². The first-order valence-corrected chi connectivity index (χ1v) is 9.60. The van der Waals surface area contributed by atoms with Crippen LogP contribution in [-0.2, 0) is 9.05 Å². The fourth-order valence-corrected chi connectivity index (χ4v) is 5.08. The minimum Gasteiger partial charge on any atom is -0.338 e. The van der Waals surface area contributed by atoms with Gasteiger partial charge >= 0.3 is 0 Å². The van der Waals surface area contributed by atoms with Crippen molar-refractivity contribution in [2.75, 3.05) is 13.2 Å². The molecule has 0 fully saturated rings. The summed E-state index contributed by atoms with van der Waals surface area (Å²) in [6.07, 6.45) is 0. The fraction of sp³-hybridized carbons (Fsp3) is 1.00. The van der Waals surface area contributed by atoms with E-state index in [0.29, 0.717) is 0 Å². The van der Waals surface area contributed by atoms with Gasteiger partial charge < -0.3 is 9.05 Å². The molecule has 0 heterocycles. The van der Waals surface area contributed by atoms with E-state index in [4.69, 9.17) is 9.05 Å². The Labute approximate surface area is 72.1 Å². The highest BCUT2D eigenvalue weighted by Gasteiger charge is 2.28. The van der Waals surface area contributed by atoms with Gasteiger partial charge in [-0.3, -0.25) is 0 Å². The van der Waals surface area contributed by atoms with E-state index in [1.54, 1.807) is 0 Å². The number of hydrogen-bond acceptors (Lipinski definition) is 2. The maximum absolute atomic E-state index is 5.55. The summed E-state index contributed by atoms with van der Waals surface area (Å²) in [4.78, 5) is 0. The van der Waals surface area contributed by atoms with Gasteiger partial charge in [0.2, 0.25) is 0 Å². The summed E-state index contributed by atoms with van der Waals surface area (Å²) in [6, 6.07) is 0. The van der Waals surface area contributed by atoms with Crippen molar-refractivity contribution < 1.29 is 9.05 Å². The minimum atomic E-state index is -1.21. The maximum atomic E-state index is 5.55. The first-order chi connectivity index (χ1) is 5.02. The van der Waals surface area contributed by atoms with Crippen molar-refractivity contribution in [2.24, 2.45) is 0 Å². The molecule has 0 saturated heterocycles. The first kappa shape index (κ1) is 11.6. The summed E-state index contributed by atoms with van der Waals surface area (Å²) in [5, 5.41) is 0. The van der Waals surface area contributed by atoms with Crippen LogP contribution in [0.25, 0.3) is 0 Å². The van der Waals surface area contributed by atoms with Crippen LogP contribution in [0.1, 0.15) is 13.8 Å². The molecule has 0 bridgehead atoms. The third-order valence-electron chi connectivity index (χ3n) is 1.04. The molecule has 0 saturated carbocycles. The predicted octanol–water partition coefficient (Wildman–Crippen LogP) is 3.21. The van der Waals surface area contributed by atoms with Crippen LogP contribution in [0.5, 0.6) is 0 Å². The van der Waals surface area contributed by atoms with Gasteiger partial charge in [0.25, 0.3) is 0 Å². The van der Waals surface area contributed by atoms with Gasteiger partial charge in [0.1, 0.15) is 15.7 Å². The van der Waals surface area contributed by atoms with Crippen LogP contribution in [-0.4, -0.2) is 21.0 Å². The van der Waals surface area contributed by atoms with E-state index in [1.165, 1.54) is 0 Å². The van der Waals surface area contributed by atoms with Crippen LogP contribution in [0.3, 0.4) is 0 Å². The Bertz CT molecular complexity index is 97.1.